The molecule has 2 unspecified atom stereocenters. The molecule has 0 saturated heterocycles. The summed E-state index contributed by atoms with van der Waals surface area (Å²) >= 11 is 0. The van der Waals surface area contributed by atoms with Gasteiger partial charge in [0, 0.05) is 6.04 Å². The number of fused-ring (bicyclic) bond motifs is 1. The summed E-state index contributed by atoms with van der Waals surface area (Å²) in [6.45, 7) is 2.84. The van der Waals surface area contributed by atoms with Gasteiger partial charge in [-0.05, 0) is 42.3 Å². The molecule has 0 amide bonds. The topological polar surface area (TPSA) is 46.2 Å². The van der Waals surface area contributed by atoms with Crippen molar-refractivity contribution < 1.29 is 8.42 Å². The highest BCUT2D eigenvalue weighted by molar-refractivity contribution is 7.92. The van der Waals surface area contributed by atoms with Crippen molar-refractivity contribution in [2.75, 3.05) is 6.54 Å². The van der Waals surface area contributed by atoms with Crippen LogP contribution in [0.15, 0.2) is 47.4 Å². The van der Waals surface area contributed by atoms with Crippen LogP contribution < -0.4 is 5.32 Å². The van der Waals surface area contributed by atoms with Crippen LogP contribution in [0.5, 0.6) is 0 Å². The lowest BCUT2D eigenvalue weighted by atomic mass is 10.1. The van der Waals surface area contributed by atoms with Gasteiger partial charge in [-0.1, -0.05) is 43.7 Å². The van der Waals surface area contributed by atoms with E-state index in [4.69, 9.17) is 0 Å². The Kier molecular flexibility index (Phi) is 4.00. The molecular formula is C17H21NO2S. The van der Waals surface area contributed by atoms with Crippen LogP contribution in [-0.4, -0.2) is 26.3 Å². The number of hydrogen-bond acceptors (Lipinski definition) is 3. The fourth-order valence-corrected chi connectivity index (χ4v) is 5.35. The Morgan fingerprint density at radius 2 is 1.86 bits per heavy atom. The molecule has 2 aromatic carbocycles. The monoisotopic (exact) mass is 303 g/mol. The van der Waals surface area contributed by atoms with Crippen LogP contribution in [-0.2, 0) is 9.84 Å². The number of sulfone groups is 1. The Labute approximate surface area is 126 Å². The fraction of sp³-hybridized carbons (Fsp3) is 0.412. The molecule has 0 aromatic heterocycles. The van der Waals surface area contributed by atoms with Crippen molar-refractivity contribution in [1.82, 2.24) is 5.32 Å². The number of rotatable bonds is 4. The van der Waals surface area contributed by atoms with Gasteiger partial charge in [-0.2, -0.15) is 0 Å². The molecular weight excluding hydrogens is 282 g/mol. The maximum Gasteiger partial charge on any atom is 0.182 e. The Morgan fingerprint density at radius 3 is 2.62 bits per heavy atom. The molecule has 1 aliphatic rings. The molecule has 112 valence electrons. The van der Waals surface area contributed by atoms with Crippen LogP contribution in [0.2, 0.25) is 0 Å². The summed E-state index contributed by atoms with van der Waals surface area (Å²) in [4.78, 5) is 0.455. The molecule has 21 heavy (non-hydrogen) atoms. The highest BCUT2D eigenvalue weighted by atomic mass is 32.2. The average Bonchev–Trinajstić information content (AvgIpc) is 2.96. The first-order valence-electron chi connectivity index (χ1n) is 7.59. The number of benzene rings is 2. The standard InChI is InChI=1S/C17H21NO2S/c1-2-18-16-8-5-9-17(16)21(19,20)15-11-10-13-6-3-4-7-14(13)12-15/h3-4,6-7,10-12,16-18H,2,5,8-9H2,1H3. The van der Waals surface area contributed by atoms with E-state index in [2.05, 4.69) is 5.32 Å². The van der Waals surface area contributed by atoms with Gasteiger partial charge in [-0.15, -0.1) is 0 Å². The molecule has 1 saturated carbocycles. The Morgan fingerprint density at radius 1 is 1.10 bits per heavy atom. The zero-order chi connectivity index (χ0) is 14.9. The van der Waals surface area contributed by atoms with Crippen LogP contribution in [0.1, 0.15) is 26.2 Å². The van der Waals surface area contributed by atoms with Crippen molar-refractivity contribution in [2.24, 2.45) is 0 Å². The van der Waals surface area contributed by atoms with Crippen LogP contribution in [0.3, 0.4) is 0 Å². The highest BCUT2D eigenvalue weighted by Crippen LogP contribution is 2.31. The first kappa shape index (κ1) is 14.5. The summed E-state index contributed by atoms with van der Waals surface area (Å²) in [6, 6.07) is 13.4. The van der Waals surface area contributed by atoms with Gasteiger partial charge in [-0.3, -0.25) is 0 Å². The predicted molar refractivity (Wildman–Crippen MR) is 86.2 cm³/mol. The van der Waals surface area contributed by atoms with E-state index in [0.29, 0.717) is 4.90 Å². The highest BCUT2D eigenvalue weighted by Gasteiger charge is 2.37. The molecule has 1 fully saturated rings. The maximum absolute atomic E-state index is 12.9. The van der Waals surface area contributed by atoms with Crippen molar-refractivity contribution in [2.45, 2.75) is 42.4 Å². The molecule has 1 aliphatic carbocycles. The fourth-order valence-electron chi connectivity index (χ4n) is 3.31. The van der Waals surface area contributed by atoms with Gasteiger partial charge in [0.25, 0.3) is 0 Å². The van der Waals surface area contributed by atoms with Gasteiger partial charge < -0.3 is 5.32 Å². The van der Waals surface area contributed by atoms with Crippen molar-refractivity contribution >= 4 is 20.6 Å². The summed E-state index contributed by atoms with van der Waals surface area (Å²) in [7, 11) is -3.26. The third kappa shape index (κ3) is 2.70. The van der Waals surface area contributed by atoms with Gasteiger partial charge in [0.15, 0.2) is 9.84 Å². The SMILES string of the molecule is CCNC1CCCC1S(=O)(=O)c1ccc2ccccc2c1. The minimum atomic E-state index is -3.26. The zero-order valence-corrected chi connectivity index (χ0v) is 13.1. The Bertz CT molecular complexity index is 739. The summed E-state index contributed by atoms with van der Waals surface area (Å²) in [5.41, 5.74) is 0. The van der Waals surface area contributed by atoms with Crippen LogP contribution in [0, 0.1) is 0 Å². The predicted octanol–water partition coefficient (Wildman–Crippen LogP) is 3.14. The normalized spacial score (nSPS) is 22.7. The quantitative estimate of drug-likeness (QED) is 0.944. The van der Waals surface area contributed by atoms with Crippen LogP contribution >= 0.6 is 0 Å². The molecule has 3 nitrogen and oxygen atoms in total. The minimum absolute atomic E-state index is 0.0893. The summed E-state index contributed by atoms with van der Waals surface area (Å²) in [5, 5.41) is 5.09. The second kappa shape index (κ2) is 5.78. The summed E-state index contributed by atoms with van der Waals surface area (Å²) in [5.74, 6) is 0. The van der Waals surface area contributed by atoms with Crippen molar-refractivity contribution in [3.8, 4) is 0 Å². The summed E-state index contributed by atoms with van der Waals surface area (Å²) in [6.07, 6.45) is 2.69. The largest absolute Gasteiger partial charge is 0.313 e. The molecule has 2 aromatic rings. The van der Waals surface area contributed by atoms with Crippen LogP contribution in [0.4, 0.5) is 0 Å². The van der Waals surface area contributed by atoms with Crippen molar-refractivity contribution in [1.29, 1.82) is 0 Å². The molecule has 4 heteroatoms. The first-order chi connectivity index (χ1) is 10.1. The molecule has 0 spiro atoms. The van der Waals surface area contributed by atoms with E-state index >= 15 is 0 Å². The number of hydrogen-bond donors (Lipinski definition) is 1. The van der Waals surface area contributed by atoms with E-state index in [1.165, 1.54) is 0 Å². The smallest absolute Gasteiger partial charge is 0.182 e. The Balaban J connectivity index is 1.99. The van der Waals surface area contributed by atoms with E-state index < -0.39 is 9.84 Å². The Hall–Kier alpha value is -1.39. The molecule has 0 bridgehead atoms. The number of nitrogens with one attached hydrogen (secondary N) is 1. The van der Waals surface area contributed by atoms with Crippen molar-refractivity contribution in [3.05, 3.63) is 42.5 Å². The molecule has 0 heterocycles. The first-order valence-corrected chi connectivity index (χ1v) is 9.13. The van der Waals surface area contributed by atoms with Crippen LogP contribution in [0.25, 0.3) is 10.8 Å². The summed E-state index contributed by atoms with van der Waals surface area (Å²) < 4.78 is 25.8. The third-order valence-corrected chi connectivity index (χ3v) is 6.64. The van der Waals surface area contributed by atoms with Gasteiger partial charge in [-0.25, -0.2) is 8.42 Å². The molecule has 0 radical (unpaired) electrons. The lowest BCUT2D eigenvalue weighted by molar-refractivity contribution is 0.517. The minimum Gasteiger partial charge on any atom is -0.313 e. The maximum atomic E-state index is 12.9. The zero-order valence-electron chi connectivity index (χ0n) is 12.2. The van der Waals surface area contributed by atoms with E-state index in [1.54, 1.807) is 6.07 Å². The van der Waals surface area contributed by atoms with E-state index in [0.717, 1.165) is 36.6 Å². The van der Waals surface area contributed by atoms with Gasteiger partial charge in [0.05, 0.1) is 10.1 Å². The second-order valence-electron chi connectivity index (χ2n) is 5.69. The lowest BCUT2D eigenvalue weighted by Gasteiger charge is -2.21. The molecule has 2 atom stereocenters. The average molecular weight is 303 g/mol. The molecule has 1 N–H and O–H groups in total. The van der Waals surface area contributed by atoms with E-state index in [9.17, 15) is 8.42 Å². The molecule has 0 aliphatic heterocycles. The van der Waals surface area contributed by atoms with Gasteiger partial charge in [0.1, 0.15) is 0 Å². The van der Waals surface area contributed by atoms with E-state index in [-0.39, 0.29) is 11.3 Å². The van der Waals surface area contributed by atoms with Gasteiger partial charge >= 0.3 is 0 Å². The van der Waals surface area contributed by atoms with Gasteiger partial charge in [0.2, 0.25) is 0 Å². The second-order valence-corrected chi connectivity index (χ2v) is 7.85. The third-order valence-electron chi connectivity index (χ3n) is 4.37. The lowest BCUT2D eigenvalue weighted by Crippen LogP contribution is -2.40. The van der Waals surface area contributed by atoms with Crippen molar-refractivity contribution in [3.63, 3.8) is 0 Å². The van der Waals surface area contributed by atoms with E-state index in [1.807, 2.05) is 43.3 Å². The molecule has 3 rings (SSSR count).